The third kappa shape index (κ3) is 3.93. The largest absolute Gasteiger partial charge is 0.326 e. The predicted octanol–water partition coefficient (Wildman–Crippen LogP) is 5.02. The normalized spacial score (nSPS) is 11.0. The molecular formula is C23H27N3O2. The number of para-hydroxylation sites is 1. The molecule has 2 aromatic carbocycles. The number of amides is 2. The van der Waals surface area contributed by atoms with Gasteiger partial charge in [-0.1, -0.05) is 50.2 Å². The number of benzene rings is 2. The average molecular weight is 377 g/mol. The minimum atomic E-state index is -0.211. The number of urea groups is 1. The molecule has 1 heterocycles. The standard InChI is InChI=1S/C23H27N3O2/c1-5-26(21-13-9-6-10-17(21)4)23(28)24-20-15-25(14-16(2)3)22(27)19-12-8-7-11-18(19)20/h6-13,15-16H,5,14H2,1-4H3,(H,24,28). The van der Waals surface area contributed by atoms with Crippen LogP contribution in [0.5, 0.6) is 0 Å². The number of aryl methyl sites for hydroxylation is 1. The van der Waals surface area contributed by atoms with E-state index in [1.807, 2.05) is 62.4 Å². The van der Waals surface area contributed by atoms with Crippen molar-refractivity contribution >= 4 is 28.2 Å². The topological polar surface area (TPSA) is 54.3 Å². The van der Waals surface area contributed by atoms with Crippen molar-refractivity contribution in [3.63, 3.8) is 0 Å². The van der Waals surface area contributed by atoms with Crippen molar-refractivity contribution in [3.8, 4) is 0 Å². The van der Waals surface area contributed by atoms with Crippen molar-refractivity contribution in [2.75, 3.05) is 16.8 Å². The van der Waals surface area contributed by atoms with Crippen molar-refractivity contribution in [2.24, 2.45) is 5.92 Å². The zero-order valence-corrected chi connectivity index (χ0v) is 16.9. The van der Waals surface area contributed by atoms with E-state index in [0.29, 0.717) is 30.1 Å². The lowest BCUT2D eigenvalue weighted by Gasteiger charge is -2.24. The number of fused-ring (bicyclic) bond motifs is 1. The molecule has 0 fully saturated rings. The lowest BCUT2D eigenvalue weighted by molar-refractivity contribution is 0.257. The van der Waals surface area contributed by atoms with Gasteiger partial charge in [-0.2, -0.15) is 0 Å². The van der Waals surface area contributed by atoms with Crippen LogP contribution in [-0.4, -0.2) is 17.1 Å². The van der Waals surface area contributed by atoms with E-state index in [4.69, 9.17) is 0 Å². The van der Waals surface area contributed by atoms with Gasteiger partial charge in [0.25, 0.3) is 5.56 Å². The zero-order chi connectivity index (χ0) is 20.3. The molecule has 0 saturated heterocycles. The Bertz CT molecular complexity index is 1050. The quantitative estimate of drug-likeness (QED) is 0.678. The Morgan fingerprint density at radius 2 is 1.71 bits per heavy atom. The van der Waals surface area contributed by atoms with Gasteiger partial charge in [-0.05, 0) is 37.5 Å². The van der Waals surface area contributed by atoms with E-state index in [2.05, 4.69) is 19.2 Å². The van der Waals surface area contributed by atoms with Crippen molar-refractivity contribution < 1.29 is 4.79 Å². The van der Waals surface area contributed by atoms with Gasteiger partial charge in [0.05, 0.1) is 5.69 Å². The molecule has 1 aromatic heterocycles. The average Bonchev–Trinajstić information content (AvgIpc) is 2.67. The number of hydrogen-bond acceptors (Lipinski definition) is 2. The second kappa shape index (κ2) is 8.30. The van der Waals surface area contributed by atoms with Crippen LogP contribution in [0.4, 0.5) is 16.2 Å². The van der Waals surface area contributed by atoms with Gasteiger partial charge in [-0.3, -0.25) is 9.69 Å². The molecule has 1 N–H and O–H groups in total. The van der Waals surface area contributed by atoms with Crippen LogP contribution in [0, 0.1) is 12.8 Å². The molecule has 0 aliphatic carbocycles. The highest BCUT2D eigenvalue weighted by Crippen LogP contribution is 2.24. The van der Waals surface area contributed by atoms with E-state index in [1.54, 1.807) is 15.7 Å². The number of hydrogen-bond donors (Lipinski definition) is 1. The van der Waals surface area contributed by atoms with E-state index in [1.165, 1.54) is 0 Å². The first kappa shape index (κ1) is 19.7. The maximum Gasteiger partial charge on any atom is 0.326 e. The molecule has 0 radical (unpaired) electrons. The summed E-state index contributed by atoms with van der Waals surface area (Å²) in [7, 11) is 0. The lowest BCUT2D eigenvalue weighted by atomic mass is 10.1. The number of nitrogens with one attached hydrogen (secondary N) is 1. The minimum Gasteiger partial charge on any atom is -0.313 e. The highest BCUT2D eigenvalue weighted by Gasteiger charge is 2.18. The zero-order valence-electron chi connectivity index (χ0n) is 16.9. The van der Waals surface area contributed by atoms with Crippen LogP contribution >= 0.6 is 0 Å². The Hall–Kier alpha value is -3.08. The Kier molecular flexibility index (Phi) is 5.83. The SMILES string of the molecule is CCN(C(=O)Nc1cn(CC(C)C)c(=O)c2ccccc12)c1ccccc1C. The lowest BCUT2D eigenvalue weighted by Crippen LogP contribution is -2.35. The van der Waals surface area contributed by atoms with Gasteiger partial charge in [0, 0.05) is 35.7 Å². The van der Waals surface area contributed by atoms with Crippen LogP contribution in [0.25, 0.3) is 10.8 Å². The monoisotopic (exact) mass is 377 g/mol. The molecule has 28 heavy (non-hydrogen) atoms. The van der Waals surface area contributed by atoms with Crippen LogP contribution in [-0.2, 0) is 6.54 Å². The molecule has 5 heteroatoms. The summed E-state index contributed by atoms with van der Waals surface area (Å²) in [5.41, 5.74) is 2.53. The first-order valence-corrected chi connectivity index (χ1v) is 9.68. The molecule has 0 bridgehead atoms. The fraction of sp³-hybridized carbons (Fsp3) is 0.304. The number of pyridine rings is 1. The van der Waals surface area contributed by atoms with Crippen LogP contribution in [0.15, 0.2) is 59.5 Å². The number of carbonyl (C=O) groups excluding carboxylic acids is 1. The van der Waals surface area contributed by atoms with Gasteiger partial charge in [-0.15, -0.1) is 0 Å². The van der Waals surface area contributed by atoms with Crippen molar-refractivity contribution in [1.82, 2.24) is 4.57 Å². The Morgan fingerprint density at radius 1 is 1.07 bits per heavy atom. The summed E-state index contributed by atoms with van der Waals surface area (Å²) >= 11 is 0. The van der Waals surface area contributed by atoms with Crippen LogP contribution in [0.2, 0.25) is 0 Å². The minimum absolute atomic E-state index is 0.0337. The van der Waals surface area contributed by atoms with E-state index in [0.717, 1.165) is 16.6 Å². The summed E-state index contributed by atoms with van der Waals surface area (Å²) in [6.45, 7) is 9.21. The highest BCUT2D eigenvalue weighted by atomic mass is 16.2. The third-order valence-electron chi connectivity index (χ3n) is 4.76. The van der Waals surface area contributed by atoms with Crippen LogP contribution in [0.1, 0.15) is 26.3 Å². The molecule has 0 saturated carbocycles. The maximum absolute atomic E-state index is 13.1. The molecular weight excluding hydrogens is 350 g/mol. The molecule has 3 aromatic rings. The van der Waals surface area contributed by atoms with Gasteiger partial charge in [0.15, 0.2) is 0 Å². The summed E-state index contributed by atoms with van der Waals surface area (Å²) < 4.78 is 1.69. The summed E-state index contributed by atoms with van der Waals surface area (Å²) in [6.07, 6.45) is 1.76. The predicted molar refractivity (Wildman–Crippen MR) is 116 cm³/mol. The first-order valence-electron chi connectivity index (χ1n) is 9.68. The number of nitrogens with zero attached hydrogens (tertiary/aromatic N) is 2. The fourth-order valence-corrected chi connectivity index (χ4v) is 3.44. The molecule has 0 aliphatic rings. The Morgan fingerprint density at radius 3 is 2.36 bits per heavy atom. The number of aromatic nitrogens is 1. The molecule has 3 rings (SSSR count). The molecule has 2 amide bonds. The smallest absolute Gasteiger partial charge is 0.313 e. The van der Waals surface area contributed by atoms with Crippen LogP contribution in [0.3, 0.4) is 0 Å². The van der Waals surface area contributed by atoms with Crippen molar-refractivity contribution in [1.29, 1.82) is 0 Å². The van der Waals surface area contributed by atoms with Crippen molar-refractivity contribution in [3.05, 3.63) is 70.6 Å². The fourth-order valence-electron chi connectivity index (χ4n) is 3.44. The molecule has 146 valence electrons. The Labute approximate surface area is 165 Å². The number of carbonyl (C=O) groups is 1. The summed E-state index contributed by atoms with van der Waals surface area (Å²) in [5, 5.41) is 4.39. The number of rotatable bonds is 5. The molecule has 0 aliphatic heterocycles. The van der Waals surface area contributed by atoms with E-state index < -0.39 is 0 Å². The third-order valence-corrected chi connectivity index (χ3v) is 4.76. The second-order valence-electron chi connectivity index (χ2n) is 7.40. The molecule has 0 spiro atoms. The van der Waals surface area contributed by atoms with Gasteiger partial charge >= 0.3 is 6.03 Å². The van der Waals surface area contributed by atoms with Crippen molar-refractivity contribution in [2.45, 2.75) is 34.2 Å². The Balaban J connectivity index is 2.03. The summed E-state index contributed by atoms with van der Waals surface area (Å²) in [6, 6.07) is 15.0. The van der Waals surface area contributed by atoms with Gasteiger partial charge < -0.3 is 9.88 Å². The van der Waals surface area contributed by atoms with Gasteiger partial charge in [0.1, 0.15) is 0 Å². The molecule has 5 nitrogen and oxygen atoms in total. The van der Waals surface area contributed by atoms with Gasteiger partial charge in [-0.25, -0.2) is 4.79 Å². The first-order chi connectivity index (χ1) is 13.4. The van der Waals surface area contributed by atoms with Crippen LogP contribution < -0.4 is 15.8 Å². The summed E-state index contributed by atoms with van der Waals surface area (Å²) in [5.74, 6) is 0.321. The van der Waals surface area contributed by atoms with E-state index >= 15 is 0 Å². The van der Waals surface area contributed by atoms with Gasteiger partial charge in [0.2, 0.25) is 0 Å². The highest BCUT2D eigenvalue weighted by molar-refractivity contribution is 6.07. The summed E-state index contributed by atoms with van der Waals surface area (Å²) in [4.78, 5) is 27.6. The molecule has 0 unspecified atom stereocenters. The van der Waals surface area contributed by atoms with E-state index in [9.17, 15) is 9.59 Å². The van der Waals surface area contributed by atoms with E-state index in [-0.39, 0.29) is 11.6 Å². The number of anilines is 2. The molecule has 0 atom stereocenters. The maximum atomic E-state index is 13.1. The second-order valence-corrected chi connectivity index (χ2v) is 7.40.